The van der Waals surface area contributed by atoms with Crippen LogP contribution < -0.4 is 4.74 Å². The number of para-hydroxylation sites is 1. The van der Waals surface area contributed by atoms with Crippen molar-refractivity contribution in [1.29, 1.82) is 0 Å². The van der Waals surface area contributed by atoms with E-state index < -0.39 is 0 Å². The molecule has 2 heterocycles. The van der Waals surface area contributed by atoms with Crippen LogP contribution in [0.2, 0.25) is 0 Å². The number of amides is 1. The zero-order valence-corrected chi connectivity index (χ0v) is 20.1. The summed E-state index contributed by atoms with van der Waals surface area (Å²) < 4.78 is 11.7. The number of aromatic amines is 1. The van der Waals surface area contributed by atoms with Gasteiger partial charge in [-0.1, -0.05) is 37.6 Å². The number of phenols is 1. The van der Waals surface area contributed by atoms with Crippen LogP contribution in [-0.4, -0.2) is 52.0 Å². The number of aromatic nitrogens is 2. The predicted molar refractivity (Wildman–Crippen MR) is 131 cm³/mol. The molecule has 4 rings (SSSR count). The predicted octanol–water partition coefficient (Wildman–Crippen LogP) is 5.32. The average molecular weight is 464 g/mol. The highest BCUT2D eigenvalue weighted by atomic mass is 16.5. The fraction of sp³-hybridized carbons (Fsp3) is 0.407. The van der Waals surface area contributed by atoms with E-state index in [0.29, 0.717) is 36.7 Å². The van der Waals surface area contributed by atoms with E-state index in [2.05, 4.69) is 17.1 Å². The minimum absolute atomic E-state index is 0.101. The summed E-state index contributed by atoms with van der Waals surface area (Å²) >= 11 is 0. The number of unbranched alkanes of at least 4 members (excludes halogenated alkanes) is 1. The second-order valence-corrected chi connectivity index (χ2v) is 8.83. The van der Waals surface area contributed by atoms with Crippen LogP contribution in [0, 0.1) is 0 Å². The summed E-state index contributed by atoms with van der Waals surface area (Å²) in [5.74, 6) is 0.807. The van der Waals surface area contributed by atoms with E-state index in [0.717, 1.165) is 36.1 Å². The van der Waals surface area contributed by atoms with Gasteiger partial charge in [-0.15, -0.1) is 0 Å². The molecule has 34 heavy (non-hydrogen) atoms. The number of hydrogen-bond acceptors (Lipinski definition) is 5. The first-order valence-corrected chi connectivity index (χ1v) is 12.0. The zero-order chi connectivity index (χ0) is 24.1. The Balaban J connectivity index is 1.72. The summed E-state index contributed by atoms with van der Waals surface area (Å²) in [6.07, 6.45) is 2.91. The van der Waals surface area contributed by atoms with Crippen LogP contribution in [0.15, 0.2) is 48.5 Å². The quantitative estimate of drug-likeness (QED) is 0.376. The maximum Gasteiger partial charge on any atom is 0.273 e. The molecule has 1 aliphatic rings. The lowest BCUT2D eigenvalue weighted by Gasteiger charge is -2.27. The van der Waals surface area contributed by atoms with E-state index >= 15 is 0 Å². The van der Waals surface area contributed by atoms with Gasteiger partial charge in [-0.05, 0) is 56.5 Å². The molecular formula is C27H33N3O4. The van der Waals surface area contributed by atoms with Crippen LogP contribution >= 0.6 is 0 Å². The van der Waals surface area contributed by atoms with Crippen molar-refractivity contribution < 1.29 is 19.4 Å². The second-order valence-electron chi connectivity index (χ2n) is 8.83. The van der Waals surface area contributed by atoms with Crippen LogP contribution in [0.3, 0.4) is 0 Å². The molecule has 3 aromatic rings. The summed E-state index contributed by atoms with van der Waals surface area (Å²) in [7, 11) is 0. The molecule has 1 atom stereocenters. The molecule has 0 aliphatic carbocycles. The molecule has 2 aromatic carbocycles. The summed E-state index contributed by atoms with van der Waals surface area (Å²) in [6.45, 7) is 7.91. The number of nitrogens with zero attached hydrogens (tertiary/aromatic N) is 2. The molecule has 0 saturated heterocycles. The molecule has 7 nitrogen and oxygen atoms in total. The molecule has 2 N–H and O–H groups in total. The lowest BCUT2D eigenvalue weighted by Crippen LogP contribution is -2.31. The number of benzene rings is 2. The molecular weight excluding hydrogens is 430 g/mol. The van der Waals surface area contributed by atoms with Gasteiger partial charge in [0.25, 0.3) is 5.91 Å². The Hall–Kier alpha value is -3.32. The number of hydrogen-bond donors (Lipinski definition) is 2. The van der Waals surface area contributed by atoms with E-state index in [9.17, 15) is 9.90 Å². The maximum absolute atomic E-state index is 13.5. The standard InChI is InChI=1S/C27H33N3O4/c1-4-5-15-34-20-11-8-10-19(17-20)26-23-24(21-12-6-7-13-22(21)31)28-29-25(23)27(32)30(26)14-9-16-33-18(2)3/h6-8,10-13,17-18,26,31H,4-5,9,14-16H2,1-3H3,(H,28,29)/t26-/m1/s1. The molecule has 1 aliphatic heterocycles. The Bertz CT molecular complexity index is 1120. The summed E-state index contributed by atoms with van der Waals surface area (Å²) in [4.78, 5) is 15.3. The minimum Gasteiger partial charge on any atom is -0.507 e. The van der Waals surface area contributed by atoms with Crippen LogP contribution in [0.25, 0.3) is 11.3 Å². The Kier molecular flexibility index (Phi) is 7.53. The van der Waals surface area contributed by atoms with Gasteiger partial charge in [-0.3, -0.25) is 9.89 Å². The smallest absolute Gasteiger partial charge is 0.273 e. The first kappa shape index (κ1) is 23.8. The molecule has 0 spiro atoms. The first-order chi connectivity index (χ1) is 16.5. The van der Waals surface area contributed by atoms with Gasteiger partial charge in [0.1, 0.15) is 22.9 Å². The van der Waals surface area contributed by atoms with Crippen LogP contribution in [0.1, 0.15) is 67.7 Å². The molecule has 0 unspecified atom stereocenters. The monoisotopic (exact) mass is 463 g/mol. The van der Waals surface area contributed by atoms with Crippen molar-refractivity contribution >= 4 is 5.91 Å². The molecule has 0 saturated carbocycles. The van der Waals surface area contributed by atoms with Crippen LogP contribution in [0.5, 0.6) is 11.5 Å². The van der Waals surface area contributed by atoms with Gasteiger partial charge in [0.2, 0.25) is 0 Å². The highest BCUT2D eigenvalue weighted by Gasteiger charge is 2.42. The molecule has 0 bridgehead atoms. The molecule has 180 valence electrons. The van der Waals surface area contributed by atoms with Crippen molar-refractivity contribution in [3.05, 3.63) is 65.4 Å². The number of phenolic OH excluding ortho intramolecular Hbond substituents is 1. The van der Waals surface area contributed by atoms with E-state index in [1.165, 1.54) is 0 Å². The fourth-order valence-corrected chi connectivity index (χ4v) is 4.32. The van der Waals surface area contributed by atoms with Gasteiger partial charge in [-0.25, -0.2) is 0 Å². The number of H-pyrrole nitrogens is 1. The third-order valence-corrected chi connectivity index (χ3v) is 5.96. The molecule has 7 heteroatoms. The Morgan fingerprint density at radius 1 is 1.12 bits per heavy atom. The van der Waals surface area contributed by atoms with E-state index in [4.69, 9.17) is 9.47 Å². The van der Waals surface area contributed by atoms with Gasteiger partial charge < -0.3 is 19.5 Å². The third-order valence-electron chi connectivity index (χ3n) is 5.96. The van der Waals surface area contributed by atoms with Crippen molar-refractivity contribution in [2.24, 2.45) is 0 Å². The topological polar surface area (TPSA) is 87.7 Å². The summed E-state index contributed by atoms with van der Waals surface area (Å²) in [5.41, 5.74) is 3.37. The minimum atomic E-state index is -0.343. The van der Waals surface area contributed by atoms with Gasteiger partial charge in [0.05, 0.1) is 18.8 Å². The number of rotatable bonds is 11. The Morgan fingerprint density at radius 3 is 2.71 bits per heavy atom. The van der Waals surface area contributed by atoms with Crippen molar-refractivity contribution in [2.45, 2.75) is 52.2 Å². The lowest BCUT2D eigenvalue weighted by atomic mass is 9.95. The maximum atomic E-state index is 13.5. The molecule has 0 fully saturated rings. The summed E-state index contributed by atoms with van der Waals surface area (Å²) in [5, 5.41) is 17.9. The van der Waals surface area contributed by atoms with E-state index in [-0.39, 0.29) is 23.8 Å². The number of carbonyl (C=O) groups excluding carboxylic acids is 1. The van der Waals surface area contributed by atoms with Crippen LogP contribution in [0.4, 0.5) is 0 Å². The largest absolute Gasteiger partial charge is 0.507 e. The number of nitrogens with one attached hydrogen (secondary N) is 1. The molecule has 1 amide bonds. The van der Waals surface area contributed by atoms with Gasteiger partial charge in [0.15, 0.2) is 0 Å². The normalized spacial score (nSPS) is 15.2. The zero-order valence-electron chi connectivity index (χ0n) is 20.1. The number of aromatic hydroxyl groups is 1. The van der Waals surface area contributed by atoms with Crippen molar-refractivity contribution in [1.82, 2.24) is 15.1 Å². The second kappa shape index (κ2) is 10.7. The fourth-order valence-electron chi connectivity index (χ4n) is 4.32. The number of ether oxygens (including phenoxy) is 2. The van der Waals surface area contributed by atoms with Gasteiger partial charge in [-0.2, -0.15) is 5.10 Å². The molecule has 0 radical (unpaired) electrons. The molecule has 1 aromatic heterocycles. The van der Waals surface area contributed by atoms with Crippen LogP contribution in [-0.2, 0) is 4.74 Å². The highest BCUT2D eigenvalue weighted by molar-refractivity contribution is 6.00. The summed E-state index contributed by atoms with van der Waals surface area (Å²) in [6, 6.07) is 14.6. The van der Waals surface area contributed by atoms with E-state index in [1.807, 2.05) is 55.1 Å². The first-order valence-electron chi connectivity index (χ1n) is 12.0. The van der Waals surface area contributed by atoms with Crippen molar-refractivity contribution in [2.75, 3.05) is 19.8 Å². The van der Waals surface area contributed by atoms with Crippen molar-refractivity contribution in [3.63, 3.8) is 0 Å². The van der Waals surface area contributed by atoms with Gasteiger partial charge in [0, 0.05) is 24.3 Å². The number of carbonyl (C=O) groups is 1. The SMILES string of the molecule is CCCCOc1cccc([C@@H]2c3c(-c4ccccc4O)n[nH]c3C(=O)N2CCCOC(C)C)c1. The third kappa shape index (κ3) is 4.94. The Morgan fingerprint density at radius 2 is 1.94 bits per heavy atom. The lowest BCUT2D eigenvalue weighted by molar-refractivity contribution is 0.0601. The van der Waals surface area contributed by atoms with E-state index in [1.54, 1.807) is 12.1 Å². The Labute approximate surface area is 200 Å². The number of fused-ring (bicyclic) bond motifs is 1. The highest BCUT2D eigenvalue weighted by Crippen LogP contribution is 2.44. The average Bonchev–Trinajstić information content (AvgIpc) is 3.36. The van der Waals surface area contributed by atoms with Gasteiger partial charge >= 0.3 is 0 Å². The van der Waals surface area contributed by atoms with Crippen molar-refractivity contribution in [3.8, 4) is 22.8 Å².